The second-order valence-corrected chi connectivity index (χ2v) is 4.42. The van der Waals surface area contributed by atoms with Gasteiger partial charge in [0.05, 0.1) is 5.41 Å². The summed E-state index contributed by atoms with van der Waals surface area (Å²) >= 11 is 0. The van der Waals surface area contributed by atoms with Crippen LogP contribution in [0.3, 0.4) is 0 Å². The number of hydrogen-bond acceptors (Lipinski definition) is 1. The van der Waals surface area contributed by atoms with Gasteiger partial charge in [0.1, 0.15) is 0 Å². The predicted molar refractivity (Wildman–Crippen MR) is 67.3 cm³/mol. The third-order valence-electron chi connectivity index (χ3n) is 3.32. The number of rotatable bonds is 5. The molecule has 1 aromatic carbocycles. The highest BCUT2D eigenvalue weighted by Gasteiger charge is 2.35. The molecule has 0 fully saturated rings. The van der Waals surface area contributed by atoms with Gasteiger partial charge < -0.3 is 5.73 Å². The first-order chi connectivity index (χ1) is 7.56. The van der Waals surface area contributed by atoms with Crippen LogP contribution in [0.25, 0.3) is 0 Å². The van der Waals surface area contributed by atoms with E-state index in [-0.39, 0.29) is 5.91 Å². The molecule has 1 amide bonds. The van der Waals surface area contributed by atoms with Crippen molar-refractivity contribution in [3.63, 3.8) is 0 Å². The van der Waals surface area contributed by atoms with Crippen LogP contribution in [-0.2, 0) is 10.2 Å². The Labute approximate surface area is 97.9 Å². The second kappa shape index (κ2) is 5.15. The third-order valence-corrected chi connectivity index (χ3v) is 3.32. The van der Waals surface area contributed by atoms with Gasteiger partial charge in [-0.15, -0.1) is 0 Å². The number of nitrogens with two attached hydrogens (primary N) is 1. The highest BCUT2D eigenvalue weighted by Crippen LogP contribution is 2.33. The van der Waals surface area contributed by atoms with E-state index in [1.807, 2.05) is 32.0 Å². The minimum atomic E-state index is -0.485. The van der Waals surface area contributed by atoms with E-state index in [9.17, 15) is 4.79 Å². The molecule has 0 spiro atoms. The molecule has 16 heavy (non-hydrogen) atoms. The van der Waals surface area contributed by atoms with E-state index in [1.54, 1.807) is 0 Å². The lowest BCUT2D eigenvalue weighted by atomic mass is 9.73. The van der Waals surface area contributed by atoms with E-state index in [0.29, 0.717) is 0 Å². The highest BCUT2D eigenvalue weighted by molar-refractivity contribution is 5.86. The molecular weight excluding hydrogens is 198 g/mol. The summed E-state index contributed by atoms with van der Waals surface area (Å²) in [5.41, 5.74) is 7.36. The number of carbonyl (C=O) groups is 1. The number of hydrogen-bond donors (Lipinski definition) is 1. The first-order valence-electron chi connectivity index (χ1n) is 5.94. The Morgan fingerprint density at radius 1 is 1.38 bits per heavy atom. The predicted octanol–water partition coefficient (Wildman–Crippen LogP) is 2.93. The van der Waals surface area contributed by atoms with Crippen LogP contribution >= 0.6 is 0 Å². The van der Waals surface area contributed by atoms with E-state index >= 15 is 0 Å². The van der Waals surface area contributed by atoms with Gasteiger partial charge in [0.25, 0.3) is 0 Å². The third kappa shape index (κ3) is 2.26. The first-order valence-corrected chi connectivity index (χ1v) is 5.94. The Hall–Kier alpha value is -1.31. The molecule has 2 N–H and O–H groups in total. The Morgan fingerprint density at radius 2 is 2.06 bits per heavy atom. The molecular formula is C14H21NO. The molecule has 0 aliphatic heterocycles. The minimum absolute atomic E-state index is 0.206. The van der Waals surface area contributed by atoms with Crippen molar-refractivity contribution in [2.75, 3.05) is 0 Å². The van der Waals surface area contributed by atoms with Gasteiger partial charge in [0.15, 0.2) is 0 Å². The first kappa shape index (κ1) is 12.8. The van der Waals surface area contributed by atoms with Gasteiger partial charge in [0.2, 0.25) is 5.91 Å². The molecule has 0 radical (unpaired) electrons. The molecule has 0 heterocycles. The van der Waals surface area contributed by atoms with Gasteiger partial charge in [-0.05, 0) is 25.3 Å². The van der Waals surface area contributed by atoms with Crippen molar-refractivity contribution in [2.24, 2.45) is 5.73 Å². The van der Waals surface area contributed by atoms with Gasteiger partial charge in [-0.3, -0.25) is 4.79 Å². The maximum atomic E-state index is 11.8. The van der Waals surface area contributed by atoms with Crippen LogP contribution in [0, 0.1) is 6.92 Å². The summed E-state index contributed by atoms with van der Waals surface area (Å²) in [5.74, 6) is -0.206. The highest BCUT2D eigenvalue weighted by atomic mass is 16.1. The van der Waals surface area contributed by atoms with Gasteiger partial charge in [-0.2, -0.15) is 0 Å². The number of aryl methyl sites for hydroxylation is 1. The zero-order valence-corrected chi connectivity index (χ0v) is 10.4. The summed E-state index contributed by atoms with van der Waals surface area (Å²) in [6.07, 6.45) is 2.55. The zero-order chi connectivity index (χ0) is 12.2. The van der Waals surface area contributed by atoms with Gasteiger partial charge in [-0.1, -0.05) is 50.1 Å². The minimum Gasteiger partial charge on any atom is -0.369 e. The van der Waals surface area contributed by atoms with Crippen LogP contribution in [0.15, 0.2) is 24.3 Å². The summed E-state index contributed by atoms with van der Waals surface area (Å²) in [4.78, 5) is 11.8. The normalized spacial score (nSPS) is 14.4. The summed E-state index contributed by atoms with van der Waals surface area (Å²) in [6.45, 7) is 6.16. The molecule has 1 unspecified atom stereocenters. The SMILES string of the molecule is CCCC(CC)(C(N)=O)c1cccc(C)c1. The molecule has 1 atom stereocenters. The summed E-state index contributed by atoms with van der Waals surface area (Å²) in [7, 11) is 0. The van der Waals surface area contributed by atoms with Gasteiger partial charge >= 0.3 is 0 Å². The molecule has 1 aromatic rings. The molecule has 2 nitrogen and oxygen atoms in total. The van der Waals surface area contributed by atoms with Crippen molar-refractivity contribution in [3.8, 4) is 0 Å². The summed E-state index contributed by atoms with van der Waals surface area (Å²) in [6, 6.07) is 8.12. The van der Waals surface area contributed by atoms with Crippen molar-refractivity contribution >= 4 is 5.91 Å². The molecule has 0 aromatic heterocycles. The Morgan fingerprint density at radius 3 is 2.50 bits per heavy atom. The van der Waals surface area contributed by atoms with Crippen molar-refractivity contribution in [2.45, 2.75) is 45.4 Å². The second-order valence-electron chi connectivity index (χ2n) is 4.42. The number of carbonyl (C=O) groups excluding carboxylic acids is 1. The smallest absolute Gasteiger partial charge is 0.228 e. The molecule has 0 saturated carbocycles. The monoisotopic (exact) mass is 219 g/mol. The van der Waals surface area contributed by atoms with Crippen LogP contribution in [0.4, 0.5) is 0 Å². The molecule has 0 bridgehead atoms. The van der Waals surface area contributed by atoms with E-state index < -0.39 is 5.41 Å². The maximum absolute atomic E-state index is 11.8. The van der Waals surface area contributed by atoms with Gasteiger partial charge in [-0.25, -0.2) is 0 Å². The lowest BCUT2D eigenvalue weighted by Crippen LogP contribution is -2.40. The fraction of sp³-hybridized carbons (Fsp3) is 0.500. The Balaban J connectivity index is 3.24. The number of primary amides is 1. The van der Waals surface area contributed by atoms with Crippen LogP contribution in [0.2, 0.25) is 0 Å². The molecule has 0 saturated heterocycles. The van der Waals surface area contributed by atoms with Crippen molar-refractivity contribution in [3.05, 3.63) is 35.4 Å². The van der Waals surface area contributed by atoms with Crippen LogP contribution in [-0.4, -0.2) is 5.91 Å². The lowest BCUT2D eigenvalue weighted by molar-refractivity contribution is -0.124. The topological polar surface area (TPSA) is 43.1 Å². The molecule has 0 aliphatic carbocycles. The largest absolute Gasteiger partial charge is 0.369 e. The molecule has 88 valence electrons. The summed E-state index contributed by atoms with van der Waals surface area (Å²) in [5, 5.41) is 0. The zero-order valence-electron chi connectivity index (χ0n) is 10.4. The average molecular weight is 219 g/mol. The Kier molecular flexibility index (Phi) is 4.11. The van der Waals surface area contributed by atoms with Crippen LogP contribution in [0.5, 0.6) is 0 Å². The number of benzene rings is 1. The van der Waals surface area contributed by atoms with Crippen molar-refractivity contribution in [1.82, 2.24) is 0 Å². The van der Waals surface area contributed by atoms with E-state index in [1.165, 1.54) is 5.56 Å². The molecule has 1 rings (SSSR count). The van der Waals surface area contributed by atoms with Crippen LogP contribution < -0.4 is 5.73 Å². The average Bonchev–Trinajstić information content (AvgIpc) is 2.25. The van der Waals surface area contributed by atoms with E-state index in [2.05, 4.69) is 13.0 Å². The Bertz CT molecular complexity index is 373. The van der Waals surface area contributed by atoms with E-state index in [0.717, 1.165) is 24.8 Å². The van der Waals surface area contributed by atoms with Crippen molar-refractivity contribution < 1.29 is 4.79 Å². The fourth-order valence-corrected chi connectivity index (χ4v) is 2.33. The number of amides is 1. The standard InChI is InChI=1S/C14H21NO/c1-4-9-14(5-2,13(15)16)12-8-6-7-11(3)10-12/h6-8,10H,4-5,9H2,1-3H3,(H2,15,16). The quantitative estimate of drug-likeness (QED) is 0.813. The fourth-order valence-electron chi connectivity index (χ4n) is 2.33. The summed E-state index contributed by atoms with van der Waals surface area (Å²) < 4.78 is 0. The van der Waals surface area contributed by atoms with Crippen molar-refractivity contribution in [1.29, 1.82) is 0 Å². The molecule has 2 heteroatoms. The van der Waals surface area contributed by atoms with Gasteiger partial charge in [0, 0.05) is 0 Å². The van der Waals surface area contributed by atoms with Crippen LogP contribution in [0.1, 0.15) is 44.2 Å². The molecule has 0 aliphatic rings. The maximum Gasteiger partial charge on any atom is 0.228 e. The van der Waals surface area contributed by atoms with E-state index in [4.69, 9.17) is 5.73 Å². The lowest BCUT2D eigenvalue weighted by Gasteiger charge is -2.30.